The summed E-state index contributed by atoms with van der Waals surface area (Å²) in [5.74, 6) is 0.173. The zero-order valence-corrected chi connectivity index (χ0v) is 12.2. The highest BCUT2D eigenvalue weighted by molar-refractivity contribution is 9.10. The Balaban J connectivity index is 2.02. The highest BCUT2D eigenvalue weighted by Crippen LogP contribution is 2.26. The largest absolute Gasteiger partial charge is 0.328 e. The maximum Gasteiger partial charge on any atom is 0.227 e. The number of hydrogen-bond donors (Lipinski definition) is 2. The summed E-state index contributed by atoms with van der Waals surface area (Å²) in [7, 11) is 0. The molecule has 0 aromatic heterocycles. The molecule has 0 bridgehead atoms. The third-order valence-corrected chi connectivity index (χ3v) is 4.03. The molecule has 18 heavy (non-hydrogen) atoms. The summed E-state index contributed by atoms with van der Waals surface area (Å²) in [4.78, 5) is 12.2. The van der Waals surface area contributed by atoms with E-state index >= 15 is 0 Å². The normalized spacial score (nSPS) is 23.7. The highest BCUT2D eigenvalue weighted by atomic mass is 79.9. The molecular weight excluding hydrogens is 292 g/mol. The standard InChI is InChI=1S/C14H19BrN2O/c1-9-7-11(15)5-6-13(9)17-14(18)10-3-2-4-12(16)8-10/h5-7,10,12H,2-4,8,16H2,1H3,(H,17,18). The molecule has 2 rings (SSSR count). The molecule has 0 aliphatic heterocycles. The summed E-state index contributed by atoms with van der Waals surface area (Å²) >= 11 is 3.42. The second-order valence-corrected chi connectivity index (χ2v) is 5.99. The van der Waals surface area contributed by atoms with E-state index in [1.807, 2.05) is 25.1 Å². The van der Waals surface area contributed by atoms with Gasteiger partial charge in [0.15, 0.2) is 0 Å². The van der Waals surface area contributed by atoms with Crippen LogP contribution in [0.5, 0.6) is 0 Å². The molecule has 4 heteroatoms. The van der Waals surface area contributed by atoms with E-state index in [-0.39, 0.29) is 17.9 Å². The van der Waals surface area contributed by atoms with Gasteiger partial charge in [-0.15, -0.1) is 0 Å². The Morgan fingerprint density at radius 2 is 2.22 bits per heavy atom. The second kappa shape index (κ2) is 5.85. The van der Waals surface area contributed by atoms with E-state index in [4.69, 9.17) is 5.73 Å². The number of nitrogens with two attached hydrogens (primary N) is 1. The van der Waals surface area contributed by atoms with Crippen LogP contribution in [0, 0.1) is 12.8 Å². The van der Waals surface area contributed by atoms with Gasteiger partial charge in [-0.25, -0.2) is 0 Å². The van der Waals surface area contributed by atoms with Crippen molar-refractivity contribution in [3.8, 4) is 0 Å². The number of benzene rings is 1. The summed E-state index contributed by atoms with van der Waals surface area (Å²) in [5, 5.41) is 3.01. The summed E-state index contributed by atoms with van der Waals surface area (Å²) in [6, 6.07) is 6.05. The van der Waals surface area contributed by atoms with E-state index < -0.39 is 0 Å². The molecule has 2 unspecified atom stereocenters. The molecule has 0 saturated heterocycles. The molecule has 0 spiro atoms. The predicted octanol–water partition coefficient (Wildman–Crippen LogP) is 3.21. The van der Waals surface area contributed by atoms with Crippen molar-refractivity contribution in [3.05, 3.63) is 28.2 Å². The van der Waals surface area contributed by atoms with Crippen molar-refractivity contribution in [2.45, 2.75) is 38.6 Å². The molecule has 1 aromatic carbocycles. The molecule has 3 nitrogen and oxygen atoms in total. The number of halogens is 1. The first-order valence-electron chi connectivity index (χ1n) is 6.39. The number of carbonyl (C=O) groups is 1. The molecule has 1 aromatic rings. The molecule has 98 valence electrons. The number of amides is 1. The van der Waals surface area contributed by atoms with Gasteiger partial charge in [0.25, 0.3) is 0 Å². The fourth-order valence-corrected chi connectivity index (χ4v) is 2.94. The van der Waals surface area contributed by atoms with E-state index in [0.29, 0.717) is 0 Å². The Morgan fingerprint density at radius 3 is 2.89 bits per heavy atom. The smallest absolute Gasteiger partial charge is 0.227 e. The number of aryl methyl sites for hydroxylation is 1. The molecule has 2 atom stereocenters. The molecule has 1 fully saturated rings. The third kappa shape index (κ3) is 3.33. The van der Waals surface area contributed by atoms with Crippen molar-refractivity contribution in [1.82, 2.24) is 0 Å². The van der Waals surface area contributed by atoms with Crippen molar-refractivity contribution >= 4 is 27.5 Å². The summed E-state index contributed by atoms with van der Waals surface area (Å²) in [6.45, 7) is 1.99. The van der Waals surface area contributed by atoms with Gasteiger partial charge in [0.05, 0.1) is 0 Å². The maximum absolute atomic E-state index is 12.2. The van der Waals surface area contributed by atoms with E-state index in [9.17, 15) is 4.79 Å². The van der Waals surface area contributed by atoms with Gasteiger partial charge in [-0.05, 0) is 49.9 Å². The number of carbonyl (C=O) groups excluding carboxylic acids is 1. The molecule has 0 heterocycles. The van der Waals surface area contributed by atoms with Gasteiger partial charge in [-0.2, -0.15) is 0 Å². The van der Waals surface area contributed by atoms with Gasteiger partial charge in [-0.1, -0.05) is 22.4 Å². The second-order valence-electron chi connectivity index (χ2n) is 5.07. The average molecular weight is 311 g/mol. The number of anilines is 1. The summed E-state index contributed by atoms with van der Waals surface area (Å²) in [6.07, 6.45) is 3.86. The van der Waals surface area contributed by atoms with Gasteiger partial charge < -0.3 is 11.1 Å². The third-order valence-electron chi connectivity index (χ3n) is 3.53. The lowest BCUT2D eigenvalue weighted by Crippen LogP contribution is -2.34. The summed E-state index contributed by atoms with van der Waals surface area (Å²) in [5.41, 5.74) is 7.88. The zero-order chi connectivity index (χ0) is 13.1. The van der Waals surface area contributed by atoms with Crippen LogP contribution >= 0.6 is 15.9 Å². The Hall–Kier alpha value is -0.870. The van der Waals surface area contributed by atoms with Crippen molar-refractivity contribution < 1.29 is 4.79 Å². The monoisotopic (exact) mass is 310 g/mol. The first-order valence-corrected chi connectivity index (χ1v) is 7.18. The van der Waals surface area contributed by atoms with Gasteiger partial charge >= 0.3 is 0 Å². The fraction of sp³-hybridized carbons (Fsp3) is 0.500. The maximum atomic E-state index is 12.2. The van der Waals surface area contributed by atoms with Gasteiger partial charge in [-0.3, -0.25) is 4.79 Å². The first-order chi connectivity index (χ1) is 8.56. The van der Waals surface area contributed by atoms with Gasteiger partial charge in [0, 0.05) is 22.1 Å². The molecule has 1 saturated carbocycles. The van der Waals surface area contributed by atoms with Crippen LogP contribution in [0.15, 0.2) is 22.7 Å². The average Bonchev–Trinajstić information content (AvgIpc) is 2.32. The highest BCUT2D eigenvalue weighted by Gasteiger charge is 2.25. The SMILES string of the molecule is Cc1cc(Br)ccc1NC(=O)C1CCCC(N)C1. The lowest BCUT2D eigenvalue weighted by Gasteiger charge is -2.25. The van der Waals surface area contributed by atoms with E-state index in [1.54, 1.807) is 0 Å². The van der Waals surface area contributed by atoms with Crippen LogP contribution in [-0.2, 0) is 4.79 Å². The van der Waals surface area contributed by atoms with Crippen molar-refractivity contribution in [3.63, 3.8) is 0 Å². The Morgan fingerprint density at radius 1 is 1.44 bits per heavy atom. The van der Waals surface area contributed by atoms with Crippen LogP contribution in [-0.4, -0.2) is 11.9 Å². The van der Waals surface area contributed by atoms with Crippen molar-refractivity contribution in [1.29, 1.82) is 0 Å². The van der Waals surface area contributed by atoms with Gasteiger partial charge in [0.1, 0.15) is 0 Å². The molecular formula is C14H19BrN2O. The number of rotatable bonds is 2. The zero-order valence-electron chi connectivity index (χ0n) is 10.6. The van der Waals surface area contributed by atoms with Crippen LogP contribution in [0.4, 0.5) is 5.69 Å². The quantitative estimate of drug-likeness (QED) is 0.881. The van der Waals surface area contributed by atoms with Crippen LogP contribution in [0.1, 0.15) is 31.2 Å². The van der Waals surface area contributed by atoms with Crippen LogP contribution < -0.4 is 11.1 Å². The molecule has 1 aliphatic rings. The van der Waals surface area contributed by atoms with Crippen LogP contribution in [0.2, 0.25) is 0 Å². The van der Waals surface area contributed by atoms with Crippen molar-refractivity contribution in [2.75, 3.05) is 5.32 Å². The fourth-order valence-electron chi connectivity index (χ4n) is 2.47. The molecule has 0 radical (unpaired) electrons. The van der Waals surface area contributed by atoms with Crippen LogP contribution in [0.3, 0.4) is 0 Å². The topological polar surface area (TPSA) is 55.1 Å². The first kappa shape index (κ1) is 13.6. The Labute approximate surface area is 116 Å². The summed E-state index contributed by atoms with van der Waals surface area (Å²) < 4.78 is 1.03. The molecule has 3 N–H and O–H groups in total. The Kier molecular flexibility index (Phi) is 4.40. The van der Waals surface area contributed by atoms with E-state index in [2.05, 4.69) is 21.2 Å². The predicted molar refractivity (Wildman–Crippen MR) is 77.4 cm³/mol. The number of hydrogen-bond acceptors (Lipinski definition) is 2. The van der Waals surface area contributed by atoms with E-state index in [0.717, 1.165) is 41.4 Å². The minimum atomic E-state index is 0.0665. The van der Waals surface area contributed by atoms with E-state index in [1.165, 1.54) is 0 Å². The minimum absolute atomic E-state index is 0.0665. The molecule has 1 aliphatic carbocycles. The van der Waals surface area contributed by atoms with Gasteiger partial charge in [0.2, 0.25) is 5.91 Å². The van der Waals surface area contributed by atoms with Crippen LogP contribution in [0.25, 0.3) is 0 Å². The molecule has 1 amide bonds. The Bertz CT molecular complexity index is 447. The number of nitrogens with one attached hydrogen (secondary N) is 1. The lowest BCUT2D eigenvalue weighted by molar-refractivity contribution is -0.120. The van der Waals surface area contributed by atoms with Crippen molar-refractivity contribution in [2.24, 2.45) is 11.7 Å². The lowest BCUT2D eigenvalue weighted by atomic mass is 9.85. The minimum Gasteiger partial charge on any atom is -0.328 e.